The SMILES string of the molecule is CN=C(CCCSSC(C)(C)CCO)C(C)(C)C. The van der Waals surface area contributed by atoms with Gasteiger partial charge in [0.25, 0.3) is 0 Å². The third-order valence-corrected chi connectivity index (χ3v) is 6.21. The Balaban J connectivity index is 3.81. The fraction of sp³-hybridized carbons (Fsp3) is 0.929. The summed E-state index contributed by atoms with van der Waals surface area (Å²) in [4.78, 5) is 4.40. The van der Waals surface area contributed by atoms with E-state index in [-0.39, 0.29) is 16.8 Å². The molecular weight excluding hydrogens is 262 g/mol. The van der Waals surface area contributed by atoms with Gasteiger partial charge in [-0.15, -0.1) is 0 Å². The van der Waals surface area contributed by atoms with Crippen LogP contribution in [0.4, 0.5) is 0 Å². The maximum atomic E-state index is 8.96. The number of hydrogen-bond donors (Lipinski definition) is 1. The van der Waals surface area contributed by atoms with E-state index in [1.54, 1.807) is 0 Å². The van der Waals surface area contributed by atoms with Gasteiger partial charge < -0.3 is 5.11 Å². The molecule has 0 saturated carbocycles. The predicted molar refractivity (Wildman–Crippen MR) is 87.9 cm³/mol. The number of nitrogens with zero attached hydrogens (tertiary/aromatic N) is 1. The molecule has 0 fully saturated rings. The van der Waals surface area contributed by atoms with E-state index >= 15 is 0 Å². The highest BCUT2D eigenvalue weighted by Gasteiger charge is 2.19. The summed E-state index contributed by atoms with van der Waals surface area (Å²) >= 11 is 0. The fourth-order valence-corrected chi connectivity index (χ4v) is 4.28. The maximum Gasteiger partial charge on any atom is 0.0444 e. The van der Waals surface area contributed by atoms with Crippen LogP contribution in [0.5, 0.6) is 0 Å². The molecule has 0 atom stereocenters. The van der Waals surface area contributed by atoms with Gasteiger partial charge in [0, 0.05) is 29.9 Å². The van der Waals surface area contributed by atoms with Crippen molar-refractivity contribution in [1.82, 2.24) is 0 Å². The quantitative estimate of drug-likeness (QED) is 0.408. The molecule has 2 nitrogen and oxygen atoms in total. The van der Waals surface area contributed by atoms with Gasteiger partial charge in [-0.1, -0.05) is 42.4 Å². The average molecular weight is 292 g/mol. The molecular formula is C14H29NOS2. The lowest BCUT2D eigenvalue weighted by molar-refractivity contribution is 0.275. The zero-order valence-electron chi connectivity index (χ0n) is 12.7. The highest BCUT2D eigenvalue weighted by Crippen LogP contribution is 2.38. The van der Waals surface area contributed by atoms with E-state index in [4.69, 9.17) is 5.11 Å². The van der Waals surface area contributed by atoms with Gasteiger partial charge in [0.05, 0.1) is 0 Å². The minimum Gasteiger partial charge on any atom is -0.396 e. The van der Waals surface area contributed by atoms with Crippen LogP contribution in [0.15, 0.2) is 4.99 Å². The lowest BCUT2D eigenvalue weighted by Gasteiger charge is -2.23. The van der Waals surface area contributed by atoms with E-state index in [1.165, 1.54) is 12.1 Å². The van der Waals surface area contributed by atoms with E-state index in [0.29, 0.717) is 0 Å². The first-order valence-electron chi connectivity index (χ1n) is 6.60. The van der Waals surface area contributed by atoms with Crippen molar-refractivity contribution in [3.63, 3.8) is 0 Å². The minimum atomic E-state index is 0.172. The summed E-state index contributed by atoms with van der Waals surface area (Å²) in [5.41, 5.74) is 1.51. The van der Waals surface area contributed by atoms with Crippen molar-refractivity contribution in [2.24, 2.45) is 10.4 Å². The van der Waals surface area contributed by atoms with Crippen molar-refractivity contribution in [3.05, 3.63) is 0 Å². The topological polar surface area (TPSA) is 32.6 Å². The highest BCUT2D eigenvalue weighted by molar-refractivity contribution is 8.77. The zero-order valence-corrected chi connectivity index (χ0v) is 14.4. The Hall–Kier alpha value is 0.330. The van der Waals surface area contributed by atoms with Crippen LogP contribution in [-0.2, 0) is 0 Å². The van der Waals surface area contributed by atoms with E-state index in [2.05, 4.69) is 39.6 Å². The summed E-state index contributed by atoms with van der Waals surface area (Å²) in [7, 11) is 5.70. The Morgan fingerprint density at radius 1 is 1.17 bits per heavy atom. The normalized spacial score (nSPS) is 14.1. The van der Waals surface area contributed by atoms with Gasteiger partial charge in [0.2, 0.25) is 0 Å². The molecule has 0 saturated heterocycles. The number of aliphatic hydroxyl groups is 1. The van der Waals surface area contributed by atoms with Crippen LogP contribution in [-0.4, -0.2) is 35.0 Å². The maximum absolute atomic E-state index is 8.96. The number of aliphatic imine (C=N–C) groups is 1. The molecule has 0 amide bonds. The Kier molecular flexibility index (Phi) is 8.65. The first-order valence-corrected chi connectivity index (χ1v) is 8.92. The van der Waals surface area contributed by atoms with Crippen molar-refractivity contribution in [1.29, 1.82) is 0 Å². The largest absolute Gasteiger partial charge is 0.396 e. The molecule has 18 heavy (non-hydrogen) atoms. The average Bonchev–Trinajstić information content (AvgIpc) is 2.21. The van der Waals surface area contributed by atoms with Gasteiger partial charge in [-0.2, -0.15) is 0 Å². The van der Waals surface area contributed by atoms with Gasteiger partial charge in [-0.25, -0.2) is 0 Å². The molecule has 0 aromatic carbocycles. The second-order valence-corrected chi connectivity index (χ2v) is 9.29. The number of hydrogen-bond acceptors (Lipinski definition) is 4. The summed E-state index contributed by atoms with van der Waals surface area (Å²) in [5.74, 6) is 1.15. The van der Waals surface area contributed by atoms with Crippen LogP contribution >= 0.6 is 21.6 Å². The lowest BCUT2D eigenvalue weighted by Crippen LogP contribution is -2.20. The lowest BCUT2D eigenvalue weighted by atomic mass is 9.87. The first-order chi connectivity index (χ1) is 8.23. The Morgan fingerprint density at radius 2 is 1.78 bits per heavy atom. The highest BCUT2D eigenvalue weighted by atomic mass is 33.1. The minimum absolute atomic E-state index is 0.172. The fourth-order valence-electron chi connectivity index (χ4n) is 1.63. The van der Waals surface area contributed by atoms with Gasteiger partial charge in [-0.05, 0) is 38.5 Å². The van der Waals surface area contributed by atoms with E-state index in [9.17, 15) is 0 Å². The van der Waals surface area contributed by atoms with Gasteiger partial charge in [-0.3, -0.25) is 4.99 Å². The molecule has 0 radical (unpaired) electrons. The Labute approximate surface area is 121 Å². The first kappa shape index (κ1) is 18.3. The summed E-state index contributed by atoms with van der Waals surface area (Å²) in [6, 6.07) is 0. The molecule has 0 heterocycles. The summed E-state index contributed by atoms with van der Waals surface area (Å²) in [6.07, 6.45) is 3.12. The van der Waals surface area contributed by atoms with Crippen LogP contribution in [0, 0.1) is 5.41 Å². The van der Waals surface area contributed by atoms with Crippen molar-refractivity contribution < 1.29 is 5.11 Å². The van der Waals surface area contributed by atoms with E-state index < -0.39 is 0 Å². The molecule has 0 rings (SSSR count). The zero-order chi connectivity index (χ0) is 14.2. The van der Waals surface area contributed by atoms with Gasteiger partial charge >= 0.3 is 0 Å². The van der Waals surface area contributed by atoms with Gasteiger partial charge in [0.1, 0.15) is 0 Å². The van der Waals surface area contributed by atoms with Crippen molar-refractivity contribution >= 4 is 27.3 Å². The summed E-state index contributed by atoms with van der Waals surface area (Å²) in [5, 5.41) is 8.96. The van der Waals surface area contributed by atoms with Crippen LogP contribution in [0.1, 0.15) is 53.9 Å². The smallest absolute Gasteiger partial charge is 0.0444 e. The molecule has 0 spiro atoms. The van der Waals surface area contributed by atoms with E-state index in [1.807, 2.05) is 28.6 Å². The molecule has 4 heteroatoms. The second-order valence-electron chi connectivity index (χ2n) is 6.16. The second kappa shape index (κ2) is 8.49. The van der Waals surface area contributed by atoms with Crippen molar-refractivity contribution in [2.75, 3.05) is 19.4 Å². The summed E-state index contributed by atoms with van der Waals surface area (Å²) < 4.78 is 0.172. The molecule has 0 unspecified atom stereocenters. The van der Waals surface area contributed by atoms with Gasteiger partial charge in [0.15, 0.2) is 0 Å². The van der Waals surface area contributed by atoms with Crippen LogP contribution < -0.4 is 0 Å². The van der Waals surface area contributed by atoms with E-state index in [0.717, 1.165) is 18.6 Å². The molecule has 0 aliphatic heterocycles. The standard InChI is InChI=1S/C14H29NOS2/c1-13(2,3)12(15-6)8-7-11-17-18-14(4,5)9-10-16/h16H,7-11H2,1-6H3. The molecule has 0 aromatic rings. The monoisotopic (exact) mass is 291 g/mol. The van der Waals surface area contributed by atoms with Crippen LogP contribution in [0.3, 0.4) is 0 Å². The van der Waals surface area contributed by atoms with Crippen molar-refractivity contribution in [3.8, 4) is 0 Å². The molecule has 0 aliphatic rings. The Morgan fingerprint density at radius 3 is 2.22 bits per heavy atom. The summed E-state index contributed by atoms with van der Waals surface area (Å²) in [6.45, 7) is 11.3. The number of rotatable bonds is 8. The number of aliphatic hydroxyl groups excluding tert-OH is 1. The van der Waals surface area contributed by atoms with Crippen LogP contribution in [0.2, 0.25) is 0 Å². The molecule has 1 N–H and O–H groups in total. The molecule has 108 valence electrons. The third kappa shape index (κ3) is 8.44. The molecule has 0 aromatic heterocycles. The molecule has 0 aliphatic carbocycles. The van der Waals surface area contributed by atoms with Crippen molar-refractivity contribution in [2.45, 2.75) is 58.6 Å². The Bertz CT molecular complexity index is 257. The molecule has 0 bridgehead atoms. The predicted octanol–water partition coefficient (Wildman–Crippen LogP) is 4.43. The third-order valence-electron chi connectivity index (χ3n) is 2.78. The van der Waals surface area contributed by atoms with Crippen LogP contribution in [0.25, 0.3) is 0 Å².